The number of alkyl carbamates (subject to hydrolysis) is 1. The number of amides is 1. The van der Waals surface area contributed by atoms with Gasteiger partial charge in [0.1, 0.15) is 11.4 Å². The minimum atomic E-state index is -0.513. The second-order valence-electron chi connectivity index (χ2n) is 6.46. The van der Waals surface area contributed by atoms with E-state index >= 15 is 0 Å². The van der Waals surface area contributed by atoms with E-state index in [-0.39, 0.29) is 29.8 Å². The van der Waals surface area contributed by atoms with Crippen LogP contribution in [0.25, 0.3) is 0 Å². The van der Waals surface area contributed by atoms with Gasteiger partial charge < -0.3 is 20.7 Å². The molecule has 3 N–H and O–H groups in total. The van der Waals surface area contributed by atoms with Gasteiger partial charge >= 0.3 is 6.09 Å². The topological polar surface area (TPSA) is 74.8 Å². The first kappa shape index (κ1) is 24.4. The molecule has 0 bridgehead atoms. The zero-order valence-corrected chi connectivity index (χ0v) is 18.2. The molecule has 0 aliphatic heterocycles. The Balaban J connectivity index is 0.00000625. The van der Waals surface area contributed by atoms with Gasteiger partial charge in [0, 0.05) is 26.2 Å². The third kappa shape index (κ3) is 11.1. The molecule has 8 heteroatoms. The highest BCUT2D eigenvalue weighted by atomic mass is 127. The van der Waals surface area contributed by atoms with E-state index in [9.17, 15) is 9.18 Å². The molecular formula is C18H30FIN4O2. The summed E-state index contributed by atoms with van der Waals surface area (Å²) in [5.74, 6) is 0.419. The fraction of sp³-hybridized carbons (Fsp3) is 0.556. The number of guanidine groups is 1. The summed E-state index contributed by atoms with van der Waals surface area (Å²) < 4.78 is 18.7. The Bertz CT molecular complexity index is 577. The number of aliphatic imine (C=N–C) groups is 1. The van der Waals surface area contributed by atoms with Crippen LogP contribution in [-0.2, 0) is 11.2 Å². The molecule has 1 amide bonds. The number of halogens is 2. The summed E-state index contributed by atoms with van der Waals surface area (Å²) in [6.07, 6.45) is 0.0788. The average Bonchev–Trinajstić information content (AvgIpc) is 2.51. The van der Waals surface area contributed by atoms with Crippen molar-refractivity contribution in [2.45, 2.75) is 39.7 Å². The maximum Gasteiger partial charge on any atom is 0.407 e. The monoisotopic (exact) mass is 480 g/mol. The molecule has 0 atom stereocenters. The van der Waals surface area contributed by atoms with Crippen LogP contribution in [0.1, 0.15) is 33.3 Å². The smallest absolute Gasteiger partial charge is 0.407 e. The quantitative estimate of drug-likeness (QED) is 0.243. The van der Waals surface area contributed by atoms with Gasteiger partial charge in [-0.15, -0.1) is 24.0 Å². The zero-order chi connectivity index (χ0) is 18.7. The minimum Gasteiger partial charge on any atom is -0.444 e. The predicted molar refractivity (Wildman–Crippen MR) is 114 cm³/mol. The molecule has 0 aliphatic carbocycles. The van der Waals surface area contributed by atoms with Crippen molar-refractivity contribution in [3.8, 4) is 0 Å². The molecule has 0 spiro atoms. The lowest BCUT2D eigenvalue weighted by Gasteiger charge is -2.19. The molecule has 0 fully saturated rings. The van der Waals surface area contributed by atoms with Gasteiger partial charge in [-0.05, 0) is 45.7 Å². The standard InChI is InChI=1S/C18H29FN4O2.HI/c1-5-20-16(21-11-10-14-8-6-7-9-15(14)19)22-12-13-23-17(24)25-18(2,3)4;/h6-9H,5,10-13H2,1-4H3,(H,23,24)(H2,20,21,22);1H. The Labute approximate surface area is 172 Å². The Morgan fingerprint density at radius 2 is 1.81 bits per heavy atom. The van der Waals surface area contributed by atoms with Crippen LogP contribution >= 0.6 is 24.0 Å². The molecule has 1 rings (SSSR count). The molecule has 6 nitrogen and oxygen atoms in total. The van der Waals surface area contributed by atoms with Crippen molar-refractivity contribution in [2.75, 3.05) is 26.2 Å². The van der Waals surface area contributed by atoms with Gasteiger partial charge in [0.2, 0.25) is 0 Å². The lowest BCUT2D eigenvalue weighted by Crippen LogP contribution is -2.42. The number of benzene rings is 1. The number of nitrogens with one attached hydrogen (secondary N) is 3. The summed E-state index contributed by atoms with van der Waals surface area (Å²) in [6, 6.07) is 6.69. The third-order valence-corrected chi connectivity index (χ3v) is 3.04. The highest BCUT2D eigenvalue weighted by molar-refractivity contribution is 14.0. The van der Waals surface area contributed by atoms with Crippen molar-refractivity contribution in [1.29, 1.82) is 0 Å². The van der Waals surface area contributed by atoms with Gasteiger partial charge in [-0.2, -0.15) is 0 Å². The summed E-state index contributed by atoms with van der Waals surface area (Å²) >= 11 is 0. The number of carbonyl (C=O) groups excluding carboxylic acids is 1. The summed E-state index contributed by atoms with van der Waals surface area (Å²) in [4.78, 5) is 16.0. The van der Waals surface area contributed by atoms with Crippen LogP contribution in [0.2, 0.25) is 0 Å². The van der Waals surface area contributed by atoms with E-state index in [1.165, 1.54) is 6.07 Å². The lowest BCUT2D eigenvalue weighted by atomic mass is 10.1. The predicted octanol–water partition coefficient (Wildman–Crippen LogP) is 3.07. The van der Waals surface area contributed by atoms with Crippen LogP contribution < -0.4 is 16.0 Å². The normalized spacial score (nSPS) is 11.3. The first-order valence-electron chi connectivity index (χ1n) is 8.54. The van der Waals surface area contributed by atoms with Gasteiger partial charge in [-0.3, -0.25) is 4.99 Å². The number of ether oxygens (including phenoxy) is 1. The first-order chi connectivity index (χ1) is 11.8. The molecule has 0 aliphatic rings. The van der Waals surface area contributed by atoms with Gasteiger partial charge in [-0.1, -0.05) is 18.2 Å². The van der Waals surface area contributed by atoms with E-state index in [4.69, 9.17) is 4.74 Å². The van der Waals surface area contributed by atoms with Crippen molar-refractivity contribution in [1.82, 2.24) is 16.0 Å². The number of hydrogen-bond acceptors (Lipinski definition) is 3. The second kappa shape index (κ2) is 12.7. The molecule has 148 valence electrons. The first-order valence-corrected chi connectivity index (χ1v) is 8.54. The molecule has 1 aromatic rings. The van der Waals surface area contributed by atoms with E-state index in [0.29, 0.717) is 44.1 Å². The molecular weight excluding hydrogens is 450 g/mol. The summed E-state index contributed by atoms with van der Waals surface area (Å²) in [5.41, 5.74) is 0.134. The van der Waals surface area contributed by atoms with Gasteiger partial charge in [-0.25, -0.2) is 9.18 Å². The SMILES string of the molecule is CCNC(=NCCc1ccccc1F)NCCNC(=O)OC(C)(C)C.I. The zero-order valence-electron chi connectivity index (χ0n) is 15.9. The molecule has 0 saturated carbocycles. The Morgan fingerprint density at radius 1 is 1.15 bits per heavy atom. The highest BCUT2D eigenvalue weighted by Gasteiger charge is 2.15. The summed E-state index contributed by atoms with van der Waals surface area (Å²) in [5, 5.41) is 8.90. The molecule has 0 radical (unpaired) electrons. The van der Waals surface area contributed by atoms with Crippen LogP contribution in [0.3, 0.4) is 0 Å². The van der Waals surface area contributed by atoms with E-state index in [1.807, 2.05) is 33.8 Å². The van der Waals surface area contributed by atoms with Gasteiger partial charge in [0.15, 0.2) is 5.96 Å². The highest BCUT2D eigenvalue weighted by Crippen LogP contribution is 2.07. The lowest BCUT2D eigenvalue weighted by molar-refractivity contribution is 0.0529. The molecule has 0 unspecified atom stereocenters. The Morgan fingerprint density at radius 3 is 2.42 bits per heavy atom. The fourth-order valence-corrected chi connectivity index (χ4v) is 1.99. The number of carbonyl (C=O) groups is 1. The van der Waals surface area contributed by atoms with E-state index in [1.54, 1.807) is 12.1 Å². The minimum absolute atomic E-state index is 0. The van der Waals surface area contributed by atoms with Crippen LogP contribution in [0.4, 0.5) is 9.18 Å². The molecule has 0 aromatic heterocycles. The van der Waals surface area contributed by atoms with Crippen LogP contribution in [0.5, 0.6) is 0 Å². The van der Waals surface area contributed by atoms with E-state index in [2.05, 4.69) is 20.9 Å². The van der Waals surface area contributed by atoms with Crippen LogP contribution in [0.15, 0.2) is 29.3 Å². The van der Waals surface area contributed by atoms with Gasteiger partial charge in [0.05, 0.1) is 0 Å². The van der Waals surface area contributed by atoms with Crippen LogP contribution in [-0.4, -0.2) is 43.8 Å². The molecule has 1 aromatic carbocycles. The fourth-order valence-electron chi connectivity index (χ4n) is 1.99. The van der Waals surface area contributed by atoms with Crippen molar-refractivity contribution in [3.63, 3.8) is 0 Å². The molecule has 0 saturated heterocycles. The van der Waals surface area contributed by atoms with Crippen molar-refractivity contribution in [3.05, 3.63) is 35.6 Å². The molecule has 26 heavy (non-hydrogen) atoms. The number of hydrogen-bond donors (Lipinski definition) is 3. The average molecular weight is 480 g/mol. The third-order valence-electron chi connectivity index (χ3n) is 3.04. The maximum atomic E-state index is 13.6. The number of rotatable bonds is 7. The Kier molecular flexibility index (Phi) is 11.9. The van der Waals surface area contributed by atoms with Gasteiger partial charge in [0.25, 0.3) is 0 Å². The van der Waals surface area contributed by atoms with Crippen molar-refractivity contribution >= 4 is 36.0 Å². The summed E-state index contributed by atoms with van der Waals surface area (Å²) in [7, 11) is 0. The van der Waals surface area contributed by atoms with Crippen molar-refractivity contribution < 1.29 is 13.9 Å². The number of nitrogens with zero attached hydrogens (tertiary/aromatic N) is 1. The van der Waals surface area contributed by atoms with Crippen molar-refractivity contribution in [2.24, 2.45) is 4.99 Å². The summed E-state index contributed by atoms with van der Waals surface area (Å²) in [6.45, 7) is 9.51. The molecule has 0 heterocycles. The van der Waals surface area contributed by atoms with Crippen LogP contribution in [0, 0.1) is 5.82 Å². The van der Waals surface area contributed by atoms with E-state index in [0.717, 1.165) is 0 Å². The Hall–Kier alpha value is -1.58. The van der Waals surface area contributed by atoms with E-state index < -0.39 is 11.7 Å². The second-order valence-corrected chi connectivity index (χ2v) is 6.46. The maximum absolute atomic E-state index is 13.6. The largest absolute Gasteiger partial charge is 0.444 e.